The van der Waals surface area contributed by atoms with Crippen LogP contribution in [0.4, 0.5) is 17.6 Å². The van der Waals surface area contributed by atoms with E-state index in [2.05, 4.69) is 15.3 Å². The average Bonchev–Trinajstić information content (AvgIpc) is 3.25. The van der Waals surface area contributed by atoms with E-state index in [9.17, 15) is 22.4 Å². The van der Waals surface area contributed by atoms with Gasteiger partial charge < -0.3 is 14.8 Å². The quantitative estimate of drug-likeness (QED) is 0.249. The van der Waals surface area contributed by atoms with E-state index in [-0.39, 0.29) is 22.2 Å². The first-order valence-electron chi connectivity index (χ1n) is 9.43. The number of ether oxygens (including phenoxy) is 2. The molecule has 2 heterocycles. The second-order valence-electron chi connectivity index (χ2n) is 7.01. The Labute approximate surface area is 204 Å². The van der Waals surface area contributed by atoms with Crippen molar-refractivity contribution in [3.8, 4) is 11.5 Å². The van der Waals surface area contributed by atoms with Crippen molar-refractivity contribution in [2.24, 2.45) is 4.99 Å². The number of aryl methyl sites for hydroxylation is 2. The van der Waals surface area contributed by atoms with Gasteiger partial charge in [-0.1, -0.05) is 28.7 Å². The Morgan fingerprint density at radius 1 is 1.27 bits per heavy atom. The Hall–Kier alpha value is -2.48. The number of aromatic nitrogens is 1. The molecule has 0 radical (unpaired) electrons. The molecule has 0 fully saturated rings. The highest BCUT2D eigenvalue weighted by Crippen LogP contribution is 2.43. The van der Waals surface area contributed by atoms with Gasteiger partial charge in [0.15, 0.2) is 17.2 Å². The zero-order valence-electron chi connectivity index (χ0n) is 17.8. The molecule has 0 aliphatic carbocycles. The average molecular weight is 595 g/mol. The number of hydrogen-bond acceptors (Lipinski definition) is 6. The van der Waals surface area contributed by atoms with Crippen LogP contribution < -0.4 is 14.8 Å². The van der Waals surface area contributed by atoms with E-state index in [1.54, 1.807) is 30.1 Å². The van der Waals surface area contributed by atoms with Gasteiger partial charge in [-0.2, -0.15) is 17.6 Å². The van der Waals surface area contributed by atoms with Gasteiger partial charge in [0.25, 0.3) is 5.91 Å². The summed E-state index contributed by atoms with van der Waals surface area (Å²) in [5.74, 6) is -0.458. The molecule has 1 N–H and O–H groups in total. The van der Waals surface area contributed by atoms with Crippen LogP contribution in [0.15, 0.2) is 33.0 Å². The van der Waals surface area contributed by atoms with Gasteiger partial charge in [-0.3, -0.25) is 9.79 Å². The van der Waals surface area contributed by atoms with E-state index in [1.165, 1.54) is 19.2 Å². The van der Waals surface area contributed by atoms with E-state index >= 15 is 0 Å². The number of thiazole rings is 1. The van der Waals surface area contributed by atoms with Crippen LogP contribution in [0.3, 0.4) is 0 Å². The number of amides is 1. The van der Waals surface area contributed by atoms with E-state index in [4.69, 9.17) is 9.47 Å². The number of alkyl halides is 4. The Balaban J connectivity index is 1.82. The molecular formula is C21H18F4IN3O3S. The van der Waals surface area contributed by atoms with Gasteiger partial charge in [-0.25, -0.2) is 4.98 Å². The third-order valence-electron chi connectivity index (χ3n) is 4.37. The first kappa shape index (κ1) is 25.1. The van der Waals surface area contributed by atoms with Gasteiger partial charge in [0.2, 0.25) is 0 Å². The Bertz CT molecular complexity index is 1190. The number of halogens is 5. The van der Waals surface area contributed by atoms with Gasteiger partial charge in [0.05, 0.1) is 22.6 Å². The minimum atomic E-state index is -4.74. The molecule has 0 saturated heterocycles. The van der Waals surface area contributed by atoms with Crippen LogP contribution in [0.1, 0.15) is 45.3 Å². The third kappa shape index (κ3) is 5.72. The summed E-state index contributed by atoms with van der Waals surface area (Å²) in [6, 6.07) is 0.937. The molecule has 1 aliphatic rings. The highest BCUT2D eigenvalue weighted by atomic mass is 127. The number of hydrogen-bond donors (Lipinski definition) is 1. The number of nitrogens with one attached hydrogen (secondary N) is 1. The second-order valence-corrected chi connectivity index (χ2v) is 8.84. The number of carbonyl (C=O) groups excluding carboxylic acids is 1. The van der Waals surface area contributed by atoms with E-state index in [0.717, 1.165) is 12.5 Å². The van der Waals surface area contributed by atoms with Crippen molar-refractivity contribution < 1.29 is 31.8 Å². The van der Waals surface area contributed by atoms with Crippen molar-refractivity contribution in [3.05, 3.63) is 54.7 Å². The van der Waals surface area contributed by atoms with Crippen molar-refractivity contribution in [1.29, 1.82) is 0 Å². The Morgan fingerprint density at radius 2 is 1.91 bits per heavy atom. The van der Waals surface area contributed by atoms with Crippen LogP contribution in [0, 0.1) is 13.8 Å². The standard InChI is InChI=1S/C21H18F4IN3O3S/c1-5-12(29-19(30)17-18(21(23,24)25)28-11(3)33-17)9-27-14(8-26)13-7-16-15(6-10(13)2)31-20(4,22)32-16/h5-9H,1-4H3,(H,29,30)/b12-5-,14-8-,27-9+. The summed E-state index contributed by atoms with van der Waals surface area (Å²) in [5, 5.41) is 2.55. The molecular weight excluding hydrogens is 577 g/mol. The summed E-state index contributed by atoms with van der Waals surface area (Å²) >= 11 is 2.63. The smallest absolute Gasteiger partial charge is 0.423 e. The van der Waals surface area contributed by atoms with Crippen LogP contribution >= 0.6 is 33.9 Å². The fraction of sp³-hybridized carbons (Fsp3) is 0.286. The monoisotopic (exact) mass is 595 g/mol. The topological polar surface area (TPSA) is 72.8 Å². The van der Waals surface area contributed by atoms with Gasteiger partial charge in [0.1, 0.15) is 4.88 Å². The Morgan fingerprint density at radius 3 is 2.48 bits per heavy atom. The lowest BCUT2D eigenvalue weighted by molar-refractivity contribution is -0.173. The van der Waals surface area contributed by atoms with E-state index in [1.807, 2.05) is 22.6 Å². The van der Waals surface area contributed by atoms with Crippen LogP contribution in [-0.2, 0) is 6.18 Å². The summed E-state index contributed by atoms with van der Waals surface area (Å²) < 4.78 is 65.4. The van der Waals surface area contributed by atoms with Crippen LogP contribution in [0.2, 0.25) is 0 Å². The van der Waals surface area contributed by atoms with Gasteiger partial charge >= 0.3 is 12.2 Å². The molecule has 6 nitrogen and oxygen atoms in total. The Kier molecular flexibility index (Phi) is 7.17. The maximum Gasteiger partial charge on any atom is 0.435 e. The number of rotatable bonds is 5. The first-order valence-corrected chi connectivity index (χ1v) is 11.5. The summed E-state index contributed by atoms with van der Waals surface area (Å²) in [7, 11) is 0. The third-order valence-corrected chi connectivity index (χ3v) is 5.93. The summed E-state index contributed by atoms with van der Waals surface area (Å²) in [5.41, 5.74) is 0.782. The number of carbonyl (C=O) groups is 1. The first-order chi connectivity index (χ1) is 15.3. The number of aliphatic imine (C=N–C) groups is 1. The fourth-order valence-corrected chi connectivity index (χ4v) is 4.28. The summed E-state index contributed by atoms with van der Waals surface area (Å²) in [6.07, 6.45) is -1.94. The highest BCUT2D eigenvalue weighted by Gasteiger charge is 2.39. The van der Waals surface area contributed by atoms with Crippen LogP contribution in [0.25, 0.3) is 5.70 Å². The second kappa shape index (κ2) is 9.41. The normalized spacial score (nSPS) is 18.8. The van der Waals surface area contributed by atoms with Crippen molar-refractivity contribution in [2.45, 2.75) is 39.9 Å². The molecule has 1 aliphatic heterocycles. The molecule has 1 atom stereocenters. The molecule has 176 valence electrons. The summed E-state index contributed by atoms with van der Waals surface area (Å²) in [6.45, 7) is 5.92. The molecule has 33 heavy (non-hydrogen) atoms. The molecule has 1 unspecified atom stereocenters. The van der Waals surface area contributed by atoms with Crippen molar-refractivity contribution >= 4 is 51.7 Å². The molecule has 1 aromatic carbocycles. The zero-order valence-corrected chi connectivity index (χ0v) is 20.8. The largest absolute Gasteiger partial charge is 0.435 e. The summed E-state index contributed by atoms with van der Waals surface area (Å²) in [4.78, 5) is 19.8. The number of allylic oxidation sites excluding steroid dienone is 2. The number of nitrogens with zero attached hydrogens (tertiary/aromatic N) is 2. The van der Waals surface area contributed by atoms with Crippen molar-refractivity contribution in [3.63, 3.8) is 0 Å². The molecule has 1 aromatic heterocycles. The SMILES string of the molecule is C/C=C(/C=N/C(=C\I)c1cc2c(cc1C)OC(C)(F)O2)NC(=O)c1sc(C)nc1C(F)(F)F. The fourth-order valence-electron chi connectivity index (χ4n) is 2.95. The molecule has 1 amide bonds. The van der Waals surface area contributed by atoms with Crippen LogP contribution in [0.5, 0.6) is 11.5 Å². The molecule has 0 bridgehead atoms. The predicted octanol–water partition coefficient (Wildman–Crippen LogP) is 6.33. The van der Waals surface area contributed by atoms with Crippen LogP contribution in [-0.4, -0.2) is 23.1 Å². The van der Waals surface area contributed by atoms with Crippen molar-refractivity contribution in [2.75, 3.05) is 0 Å². The van der Waals surface area contributed by atoms with Gasteiger partial charge in [-0.15, -0.1) is 11.3 Å². The molecule has 12 heteroatoms. The molecule has 0 saturated carbocycles. The molecule has 0 spiro atoms. The minimum Gasteiger partial charge on any atom is -0.423 e. The predicted molar refractivity (Wildman–Crippen MR) is 126 cm³/mol. The van der Waals surface area contributed by atoms with Gasteiger partial charge in [-0.05, 0) is 38.5 Å². The number of benzene rings is 1. The van der Waals surface area contributed by atoms with E-state index in [0.29, 0.717) is 22.6 Å². The number of fused-ring (bicyclic) bond motifs is 1. The highest BCUT2D eigenvalue weighted by molar-refractivity contribution is 14.1. The maximum absolute atomic E-state index is 14.0. The maximum atomic E-state index is 14.0. The lowest BCUT2D eigenvalue weighted by Gasteiger charge is -2.10. The zero-order chi connectivity index (χ0) is 24.6. The lowest BCUT2D eigenvalue weighted by Crippen LogP contribution is -2.27. The van der Waals surface area contributed by atoms with Gasteiger partial charge in [0, 0.05) is 16.6 Å². The minimum absolute atomic E-state index is 0.126. The van der Waals surface area contributed by atoms with Crippen molar-refractivity contribution in [1.82, 2.24) is 10.3 Å². The molecule has 3 rings (SSSR count). The molecule has 2 aromatic rings. The lowest BCUT2D eigenvalue weighted by atomic mass is 10.1. The van der Waals surface area contributed by atoms with E-state index < -0.39 is 28.7 Å².